The third kappa shape index (κ3) is 4.77. The maximum absolute atomic E-state index is 12.2. The summed E-state index contributed by atoms with van der Waals surface area (Å²) >= 11 is 0. The summed E-state index contributed by atoms with van der Waals surface area (Å²) in [6.45, 7) is 9.61. The number of rotatable bonds is 6. The average molecular weight is 267 g/mol. The molecule has 1 N–H and O–H groups in total. The molecule has 0 unspecified atom stereocenters. The van der Waals surface area contributed by atoms with E-state index in [-0.39, 0.29) is 0 Å². The molecule has 0 atom stereocenters. The second-order valence-electron chi connectivity index (χ2n) is 5.93. The van der Waals surface area contributed by atoms with Gasteiger partial charge in [-0.1, -0.05) is 6.92 Å². The lowest BCUT2D eigenvalue weighted by Gasteiger charge is -2.32. The Labute approximate surface area is 117 Å². The fraction of sp³-hybridized carbons (Fsp3) is 0.933. The second-order valence-corrected chi connectivity index (χ2v) is 5.93. The van der Waals surface area contributed by atoms with Gasteiger partial charge in [0.05, 0.1) is 0 Å². The first-order valence-corrected chi connectivity index (χ1v) is 8.00. The zero-order valence-electron chi connectivity index (χ0n) is 12.4. The number of carbonyl (C=O) groups excluding carboxylic acids is 1. The quantitative estimate of drug-likeness (QED) is 0.788. The number of hydrogen-bond acceptors (Lipinski definition) is 3. The number of amides is 1. The molecule has 0 spiro atoms. The standard InChI is InChI=1S/C15H29N3O/c1-2-16-13-14-5-11-18(12-6-14)15(19)7-10-17-8-3-4-9-17/h14,16H,2-13H2,1H3. The van der Waals surface area contributed by atoms with E-state index in [0.717, 1.165) is 45.1 Å². The third-order valence-corrected chi connectivity index (χ3v) is 4.49. The van der Waals surface area contributed by atoms with E-state index in [1.54, 1.807) is 0 Å². The number of carbonyl (C=O) groups is 1. The molecular weight excluding hydrogens is 238 g/mol. The van der Waals surface area contributed by atoms with Gasteiger partial charge in [0.15, 0.2) is 0 Å². The number of nitrogens with zero attached hydrogens (tertiary/aromatic N) is 2. The van der Waals surface area contributed by atoms with Crippen LogP contribution in [-0.4, -0.2) is 61.5 Å². The Bertz CT molecular complexity index is 269. The predicted molar refractivity (Wildman–Crippen MR) is 78.1 cm³/mol. The molecule has 0 aliphatic carbocycles. The smallest absolute Gasteiger partial charge is 0.223 e. The van der Waals surface area contributed by atoms with Gasteiger partial charge < -0.3 is 15.1 Å². The fourth-order valence-electron chi connectivity index (χ4n) is 3.15. The second kappa shape index (κ2) is 7.85. The monoisotopic (exact) mass is 267 g/mol. The zero-order valence-corrected chi connectivity index (χ0v) is 12.4. The summed E-state index contributed by atoms with van der Waals surface area (Å²) in [4.78, 5) is 16.7. The molecule has 0 aromatic heterocycles. The predicted octanol–water partition coefficient (Wildman–Crippen LogP) is 1.32. The van der Waals surface area contributed by atoms with Crippen molar-refractivity contribution in [3.8, 4) is 0 Å². The van der Waals surface area contributed by atoms with Crippen LogP contribution in [0.15, 0.2) is 0 Å². The van der Waals surface area contributed by atoms with Crippen LogP contribution < -0.4 is 5.32 Å². The van der Waals surface area contributed by atoms with Crippen molar-refractivity contribution in [1.82, 2.24) is 15.1 Å². The minimum Gasteiger partial charge on any atom is -0.343 e. The molecule has 0 radical (unpaired) electrons. The molecule has 1 amide bonds. The van der Waals surface area contributed by atoms with Crippen molar-refractivity contribution in [3.05, 3.63) is 0 Å². The van der Waals surface area contributed by atoms with Gasteiger partial charge in [0, 0.05) is 26.1 Å². The van der Waals surface area contributed by atoms with Crippen LogP contribution in [0.3, 0.4) is 0 Å². The van der Waals surface area contributed by atoms with Crippen LogP contribution in [-0.2, 0) is 4.79 Å². The largest absolute Gasteiger partial charge is 0.343 e. The van der Waals surface area contributed by atoms with Gasteiger partial charge in [0.2, 0.25) is 5.91 Å². The first-order chi connectivity index (χ1) is 9.29. The van der Waals surface area contributed by atoms with E-state index in [9.17, 15) is 4.79 Å². The molecule has 2 heterocycles. The van der Waals surface area contributed by atoms with Crippen molar-refractivity contribution >= 4 is 5.91 Å². The molecule has 4 heteroatoms. The van der Waals surface area contributed by atoms with E-state index < -0.39 is 0 Å². The fourth-order valence-corrected chi connectivity index (χ4v) is 3.15. The average Bonchev–Trinajstić information content (AvgIpc) is 2.96. The van der Waals surface area contributed by atoms with E-state index in [1.807, 2.05) is 0 Å². The molecule has 2 aliphatic heterocycles. The summed E-state index contributed by atoms with van der Waals surface area (Å²) < 4.78 is 0. The van der Waals surface area contributed by atoms with Gasteiger partial charge in [-0.25, -0.2) is 0 Å². The maximum atomic E-state index is 12.2. The van der Waals surface area contributed by atoms with Crippen LogP contribution in [0.4, 0.5) is 0 Å². The molecule has 110 valence electrons. The summed E-state index contributed by atoms with van der Waals surface area (Å²) in [6.07, 6.45) is 5.68. The van der Waals surface area contributed by atoms with Crippen LogP contribution >= 0.6 is 0 Å². The lowest BCUT2D eigenvalue weighted by atomic mass is 9.96. The van der Waals surface area contributed by atoms with Gasteiger partial charge in [-0.05, 0) is 57.8 Å². The number of nitrogens with one attached hydrogen (secondary N) is 1. The lowest BCUT2D eigenvalue weighted by molar-refractivity contribution is -0.132. The van der Waals surface area contributed by atoms with Gasteiger partial charge in [-0.15, -0.1) is 0 Å². The minimum atomic E-state index is 0.369. The van der Waals surface area contributed by atoms with Crippen LogP contribution in [0.2, 0.25) is 0 Å². The van der Waals surface area contributed by atoms with Crippen LogP contribution in [0.25, 0.3) is 0 Å². The normalized spacial score (nSPS) is 22.1. The number of hydrogen-bond donors (Lipinski definition) is 1. The van der Waals surface area contributed by atoms with E-state index >= 15 is 0 Å². The number of likely N-dealkylation sites (tertiary alicyclic amines) is 2. The molecule has 0 saturated carbocycles. The first-order valence-electron chi connectivity index (χ1n) is 8.00. The maximum Gasteiger partial charge on any atom is 0.223 e. The summed E-state index contributed by atoms with van der Waals surface area (Å²) in [5.74, 6) is 1.14. The summed E-state index contributed by atoms with van der Waals surface area (Å²) in [7, 11) is 0. The molecule has 0 aromatic carbocycles. The van der Waals surface area contributed by atoms with Crippen molar-refractivity contribution in [3.63, 3.8) is 0 Å². The summed E-state index contributed by atoms with van der Waals surface area (Å²) in [6, 6.07) is 0. The van der Waals surface area contributed by atoms with Crippen LogP contribution in [0, 0.1) is 5.92 Å². The van der Waals surface area contributed by atoms with Gasteiger partial charge in [0.25, 0.3) is 0 Å². The van der Waals surface area contributed by atoms with E-state index in [4.69, 9.17) is 0 Å². The van der Waals surface area contributed by atoms with Gasteiger partial charge >= 0.3 is 0 Å². The molecule has 4 nitrogen and oxygen atoms in total. The van der Waals surface area contributed by atoms with Crippen molar-refractivity contribution in [1.29, 1.82) is 0 Å². The highest BCUT2D eigenvalue weighted by molar-refractivity contribution is 5.76. The topological polar surface area (TPSA) is 35.6 Å². The Morgan fingerprint density at radius 1 is 1.16 bits per heavy atom. The van der Waals surface area contributed by atoms with Crippen molar-refractivity contribution in [2.24, 2.45) is 5.92 Å². The van der Waals surface area contributed by atoms with E-state index in [2.05, 4.69) is 22.0 Å². The molecule has 2 fully saturated rings. The van der Waals surface area contributed by atoms with Crippen molar-refractivity contribution < 1.29 is 4.79 Å². The van der Waals surface area contributed by atoms with Gasteiger partial charge in [0.1, 0.15) is 0 Å². The lowest BCUT2D eigenvalue weighted by Crippen LogP contribution is -2.41. The Balaban J connectivity index is 1.61. The minimum absolute atomic E-state index is 0.369. The zero-order chi connectivity index (χ0) is 13.5. The molecule has 0 bridgehead atoms. The third-order valence-electron chi connectivity index (χ3n) is 4.49. The Hall–Kier alpha value is -0.610. The van der Waals surface area contributed by atoms with E-state index in [1.165, 1.54) is 38.8 Å². The van der Waals surface area contributed by atoms with Gasteiger partial charge in [-0.3, -0.25) is 4.79 Å². The highest BCUT2D eigenvalue weighted by Gasteiger charge is 2.23. The molecule has 0 aromatic rings. The SMILES string of the molecule is CCNCC1CCN(C(=O)CCN2CCCC2)CC1. The summed E-state index contributed by atoms with van der Waals surface area (Å²) in [5.41, 5.74) is 0. The van der Waals surface area contributed by atoms with E-state index in [0.29, 0.717) is 5.91 Å². The molecular formula is C15H29N3O. The Morgan fingerprint density at radius 3 is 2.47 bits per heavy atom. The highest BCUT2D eigenvalue weighted by Crippen LogP contribution is 2.17. The van der Waals surface area contributed by atoms with Crippen molar-refractivity contribution in [2.75, 3.05) is 45.8 Å². The first kappa shape index (κ1) is 14.8. The van der Waals surface area contributed by atoms with Gasteiger partial charge in [-0.2, -0.15) is 0 Å². The molecule has 2 saturated heterocycles. The Morgan fingerprint density at radius 2 is 1.84 bits per heavy atom. The number of piperidine rings is 1. The Kier molecular flexibility index (Phi) is 6.11. The van der Waals surface area contributed by atoms with Crippen LogP contribution in [0.5, 0.6) is 0 Å². The molecule has 2 rings (SSSR count). The molecule has 2 aliphatic rings. The van der Waals surface area contributed by atoms with Crippen LogP contribution in [0.1, 0.15) is 39.0 Å². The highest BCUT2D eigenvalue weighted by atomic mass is 16.2. The van der Waals surface area contributed by atoms with Crippen molar-refractivity contribution in [2.45, 2.75) is 39.0 Å². The summed E-state index contributed by atoms with van der Waals surface area (Å²) in [5, 5.41) is 3.41. The molecule has 19 heavy (non-hydrogen) atoms.